The molecular formula is C6H6Na2O9S. The van der Waals surface area contributed by atoms with Gasteiger partial charge in [0.2, 0.25) is 4.75 Å². The van der Waals surface area contributed by atoms with Crippen LogP contribution in [0.5, 0.6) is 0 Å². The largest absolute Gasteiger partial charge is 1.00 e. The molecule has 0 saturated carbocycles. The Kier molecular flexibility index (Phi) is 11.3. The molecule has 0 aromatic heterocycles. The molecule has 92 valence electrons. The fourth-order valence-electron chi connectivity index (χ4n) is 0.956. The maximum absolute atomic E-state index is 11.0. The van der Waals surface area contributed by atoms with E-state index in [9.17, 15) is 33.0 Å². The van der Waals surface area contributed by atoms with E-state index in [1.165, 1.54) is 0 Å². The van der Waals surface area contributed by atoms with Crippen molar-refractivity contribution in [2.75, 3.05) is 6.61 Å². The van der Waals surface area contributed by atoms with Crippen LogP contribution < -0.4 is 69.3 Å². The quantitative estimate of drug-likeness (QED) is 0.274. The van der Waals surface area contributed by atoms with E-state index in [1.54, 1.807) is 0 Å². The first-order chi connectivity index (χ1) is 7.09. The number of carboxylic acids is 2. The van der Waals surface area contributed by atoms with Gasteiger partial charge in [-0.1, -0.05) is 0 Å². The molecule has 0 heterocycles. The van der Waals surface area contributed by atoms with Gasteiger partial charge in [-0.15, -0.1) is 0 Å². The molecule has 0 rings (SSSR count). The molecule has 0 fully saturated rings. The van der Waals surface area contributed by atoms with Crippen LogP contribution in [0.3, 0.4) is 0 Å². The van der Waals surface area contributed by atoms with Gasteiger partial charge in [-0.2, -0.15) is 8.42 Å². The molecule has 0 bridgehead atoms. The van der Waals surface area contributed by atoms with Crippen LogP contribution in [-0.4, -0.2) is 47.2 Å². The third-order valence-corrected chi connectivity index (χ3v) is 3.18. The topological polar surface area (TPSA) is 172 Å². The molecule has 9 nitrogen and oxygen atoms in total. The predicted octanol–water partition coefficient (Wildman–Crippen LogP) is -10.9. The summed E-state index contributed by atoms with van der Waals surface area (Å²) in [6.45, 7) is -1.60. The van der Waals surface area contributed by atoms with Gasteiger partial charge >= 0.3 is 59.1 Å². The molecule has 12 heteroatoms. The second-order valence-corrected chi connectivity index (χ2v) is 4.37. The number of rotatable bonds is 6. The first kappa shape index (κ1) is 23.6. The van der Waals surface area contributed by atoms with E-state index in [4.69, 9.17) is 9.66 Å². The van der Waals surface area contributed by atoms with Crippen molar-refractivity contribution < 1.29 is 102 Å². The summed E-state index contributed by atoms with van der Waals surface area (Å²) >= 11 is 0. The molecule has 1 unspecified atom stereocenters. The Balaban J connectivity index is -0.00000112. The van der Waals surface area contributed by atoms with Crippen molar-refractivity contribution in [2.24, 2.45) is 0 Å². The van der Waals surface area contributed by atoms with Crippen molar-refractivity contribution in [1.29, 1.82) is 0 Å². The van der Waals surface area contributed by atoms with Gasteiger partial charge in [-0.3, -0.25) is 9.35 Å². The van der Waals surface area contributed by atoms with Gasteiger partial charge < -0.3 is 24.9 Å². The molecule has 0 aliphatic heterocycles. The Labute approximate surface area is 146 Å². The van der Waals surface area contributed by atoms with E-state index in [2.05, 4.69) is 0 Å². The summed E-state index contributed by atoms with van der Waals surface area (Å²) in [5.41, 5.74) is 0. The zero-order chi connectivity index (χ0) is 13.1. The van der Waals surface area contributed by atoms with E-state index in [-0.39, 0.29) is 59.1 Å². The average Bonchev–Trinajstić information content (AvgIpc) is 2.09. The molecular weight excluding hydrogens is 294 g/mol. The molecule has 2 N–H and O–H groups in total. The first-order valence-corrected chi connectivity index (χ1v) is 5.06. The second kappa shape index (κ2) is 8.61. The standard InChI is InChI=1S/C6H8O9S.2Na/c7-2-3(8)6(5(11)12,1-4(9)10)16(13,14)15;;/h7H,1-2H2,(H,9,10)(H,11,12)(H,13,14,15);;/q;2*+1/p-2. The summed E-state index contributed by atoms with van der Waals surface area (Å²) in [6.07, 6.45) is -1.85. The second-order valence-electron chi connectivity index (χ2n) is 2.72. The van der Waals surface area contributed by atoms with Gasteiger partial charge in [0.25, 0.3) is 10.1 Å². The number of Topliss-reactive ketones (excluding diaryl/α,β-unsaturated/α-hetero) is 1. The number of carboxylic acid groups (broad SMARTS) is 2. The summed E-state index contributed by atoms with van der Waals surface area (Å²) in [5, 5.41) is 29.1. The maximum Gasteiger partial charge on any atom is 1.00 e. The Bertz CT molecular complexity index is 430. The summed E-state index contributed by atoms with van der Waals surface area (Å²) < 4.78 is 26.3. The van der Waals surface area contributed by atoms with Gasteiger partial charge in [-0.05, 0) is 0 Å². The Morgan fingerprint density at radius 3 is 1.67 bits per heavy atom. The third-order valence-electron chi connectivity index (χ3n) is 1.76. The Morgan fingerprint density at radius 2 is 1.50 bits per heavy atom. The minimum absolute atomic E-state index is 0. The van der Waals surface area contributed by atoms with Crippen LogP contribution in [0.1, 0.15) is 6.42 Å². The van der Waals surface area contributed by atoms with E-state index < -0.39 is 45.6 Å². The van der Waals surface area contributed by atoms with Crippen LogP contribution in [0.2, 0.25) is 0 Å². The van der Waals surface area contributed by atoms with Gasteiger partial charge in [0.05, 0.1) is 5.97 Å². The van der Waals surface area contributed by atoms with Crippen LogP contribution in [0, 0.1) is 0 Å². The van der Waals surface area contributed by atoms with E-state index in [0.717, 1.165) is 0 Å². The van der Waals surface area contributed by atoms with Crippen molar-refractivity contribution in [3.05, 3.63) is 0 Å². The number of carbonyl (C=O) groups is 3. The normalized spacial score (nSPS) is 13.4. The van der Waals surface area contributed by atoms with Gasteiger partial charge in [-0.25, -0.2) is 0 Å². The fraction of sp³-hybridized carbons (Fsp3) is 0.500. The van der Waals surface area contributed by atoms with Crippen molar-refractivity contribution in [1.82, 2.24) is 0 Å². The molecule has 18 heavy (non-hydrogen) atoms. The van der Waals surface area contributed by atoms with Gasteiger partial charge in [0, 0.05) is 12.4 Å². The number of aliphatic hydroxyl groups excluding tert-OH is 1. The molecule has 0 spiro atoms. The predicted molar refractivity (Wildman–Crippen MR) is 41.0 cm³/mol. The average molecular weight is 300 g/mol. The van der Waals surface area contributed by atoms with Crippen molar-refractivity contribution in [2.45, 2.75) is 11.2 Å². The number of ketones is 1. The van der Waals surface area contributed by atoms with Crippen LogP contribution in [0.15, 0.2) is 0 Å². The molecule has 0 amide bonds. The third kappa shape index (κ3) is 4.87. The number of hydrogen-bond donors (Lipinski definition) is 2. The molecule has 0 saturated heterocycles. The van der Waals surface area contributed by atoms with Crippen molar-refractivity contribution in [3.63, 3.8) is 0 Å². The van der Waals surface area contributed by atoms with E-state index >= 15 is 0 Å². The Morgan fingerprint density at radius 1 is 1.11 bits per heavy atom. The molecule has 0 radical (unpaired) electrons. The Hall–Kier alpha value is 0.480. The van der Waals surface area contributed by atoms with Crippen LogP contribution in [0.25, 0.3) is 0 Å². The number of aliphatic carboxylic acids is 2. The summed E-state index contributed by atoms with van der Waals surface area (Å²) in [6, 6.07) is 0. The van der Waals surface area contributed by atoms with Crippen LogP contribution in [-0.2, 0) is 24.5 Å². The fourth-order valence-corrected chi connectivity index (χ4v) is 1.82. The van der Waals surface area contributed by atoms with Crippen LogP contribution in [0.4, 0.5) is 0 Å². The summed E-state index contributed by atoms with van der Waals surface area (Å²) in [4.78, 5) is 31.7. The summed E-state index contributed by atoms with van der Waals surface area (Å²) in [5.74, 6) is -6.80. The minimum Gasteiger partial charge on any atom is -0.550 e. The van der Waals surface area contributed by atoms with E-state index in [1.807, 2.05) is 0 Å². The zero-order valence-electron chi connectivity index (χ0n) is 9.57. The summed E-state index contributed by atoms with van der Waals surface area (Å²) in [7, 11) is -5.62. The van der Waals surface area contributed by atoms with E-state index in [0.29, 0.717) is 0 Å². The first-order valence-electron chi connectivity index (χ1n) is 3.62. The maximum atomic E-state index is 11.0. The number of aliphatic hydroxyl groups is 1. The van der Waals surface area contributed by atoms with Crippen LogP contribution >= 0.6 is 0 Å². The molecule has 0 aromatic carbocycles. The SMILES string of the molecule is O=C([O-])CC(C(=O)[O-])(C(=O)CO)S(=O)(=O)O.[Na+].[Na+]. The molecule has 0 aromatic rings. The monoisotopic (exact) mass is 300 g/mol. The number of hydrogen-bond acceptors (Lipinski definition) is 8. The smallest absolute Gasteiger partial charge is 0.550 e. The zero-order valence-corrected chi connectivity index (χ0v) is 14.4. The molecule has 0 aliphatic rings. The van der Waals surface area contributed by atoms with Gasteiger partial charge in [0.1, 0.15) is 6.61 Å². The molecule has 1 atom stereocenters. The van der Waals surface area contributed by atoms with Gasteiger partial charge in [0.15, 0.2) is 5.78 Å². The molecule has 0 aliphatic carbocycles. The minimum atomic E-state index is -5.62. The van der Waals surface area contributed by atoms with Crippen molar-refractivity contribution >= 4 is 27.8 Å². The van der Waals surface area contributed by atoms with Crippen molar-refractivity contribution in [3.8, 4) is 0 Å². The number of carbonyl (C=O) groups excluding carboxylic acids is 3.